The van der Waals surface area contributed by atoms with Crippen molar-refractivity contribution in [1.29, 1.82) is 0 Å². The topological polar surface area (TPSA) is 113 Å². The van der Waals surface area contributed by atoms with Crippen LogP contribution >= 0.6 is 0 Å². The molecule has 0 aromatic carbocycles. The SMILES string of the molecule is COC[C@@H](NC(=O)OC(C)(C)C)C(=O)N=[N+]=[N-]. The van der Waals surface area contributed by atoms with Gasteiger partial charge in [0.05, 0.1) is 6.61 Å². The molecule has 0 aliphatic carbocycles. The van der Waals surface area contributed by atoms with E-state index in [2.05, 4.69) is 15.3 Å². The number of methoxy groups -OCH3 is 1. The van der Waals surface area contributed by atoms with Gasteiger partial charge < -0.3 is 14.8 Å². The molecule has 96 valence electrons. The number of nitrogens with one attached hydrogen (secondary N) is 1. The highest BCUT2D eigenvalue weighted by atomic mass is 16.6. The van der Waals surface area contributed by atoms with Crippen LogP contribution in [0.1, 0.15) is 20.8 Å². The number of alkyl carbamates (subject to hydrolysis) is 1. The van der Waals surface area contributed by atoms with Crippen LogP contribution in [0, 0.1) is 0 Å². The fourth-order valence-corrected chi connectivity index (χ4v) is 0.905. The van der Waals surface area contributed by atoms with E-state index in [0.717, 1.165) is 0 Å². The van der Waals surface area contributed by atoms with Crippen molar-refractivity contribution in [2.24, 2.45) is 5.11 Å². The molecule has 0 heterocycles. The van der Waals surface area contributed by atoms with E-state index in [1.165, 1.54) is 7.11 Å². The molecule has 0 fully saturated rings. The molecule has 0 saturated carbocycles. The summed E-state index contributed by atoms with van der Waals surface area (Å²) in [6.45, 7) is 4.96. The average Bonchev–Trinajstić information content (AvgIpc) is 2.14. The normalized spacial score (nSPS) is 12.2. The average molecular weight is 244 g/mol. The monoisotopic (exact) mass is 244 g/mol. The summed E-state index contributed by atoms with van der Waals surface area (Å²) in [7, 11) is 1.35. The molecule has 0 unspecified atom stereocenters. The fourth-order valence-electron chi connectivity index (χ4n) is 0.905. The second-order valence-electron chi connectivity index (χ2n) is 4.18. The van der Waals surface area contributed by atoms with E-state index in [-0.39, 0.29) is 6.61 Å². The summed E-state index contributed by atoms with van der Waals surface area (Å²) < 4.78 is 9.68. The summed E-state index contributed by atoms with van der Waals surface area (Å²) in [6, 6.07) is -1.05. The van der Waals surface area contributed by atoms with Crippen molar-refractivity contribution >= 4 is 12.0 Å². The number of azide groups is 1. The summed E-state index contributed by atoms with van der Waals surface area (Å²) in [6.07, 6.45) is -0.777. The van der Waals surface area contributed by atoms with Crippen LogP contribution in [0.4, 0.5) is 4.79 Å². The molecule has 2 amide bonds. The van der Waals surface area contributed by atoms with Gasteiger partial charge in [0.1, 0.15) is 11.6 Å². The zero-order valence-electron chi connectivity index (χ0n) is 10.3. The van der Waals surface area contributed by atoms with Crippen molar-refractivity contribution < 1.29 is 19.1 Å². The maximum atomic E-state index is 11.4. The maximum Gasteiger partial charge on any atom is 0.408 e. The quantitative estimate of drug-likeness (QED) is 0.456. The van der Waals surface area contributed by atoms with Gasteiger partial charge >= 0.3 is 6.09 Å². The Kier molecular flexibility index (Phi) is 6.01. The van der Waals surface area contributed by atoms with Gasteiger partial charge in [-0.3, -0.25) is 4.79 Å². The number of carbonyl (C=O) groups is 2. The molecule has 0 radical (unpaired) electrons. The summed E-state index contributed by atoms with van der Waals surface area (Å²) in [4.78, 5) is 25.0. The lowest BCUT2D eigenvalue weighted by atomic mass is 10.2. The molecule has 8 heteroatoms. The molecule has 0 saturated heterocycles. The third kappa shape index (κ3) is 7.15. The number of nitrogens with zero attached hydrogens (tertiary/aromatic N) is 3. The highest BCUT2D eigenvalue weighted by Crippen LogP contribution is 2.07. The molecule has 0 aliphatic heterocycles. The van der Waals surface area contributed by atoms with E-state index in [9.17, 15) is 9.59 Å². The van der Waals surface area contributed by atoms with Gasteiger partial charge in [-0.1, -0.05) is 0 Å². The standard InChI is InChI=1S/C9H16N4O4/c1-9(2,3)17-8(15)11-6(5-16-4)7(14)12-13-10/h6H,5H2,1-4H3,(H,11,15)/t6-/m1/s1. The summed E-state index contributed by atoms with van der Waals surface area (Å²) in [5.74, 6) is -0.833. The molecule has 1 atom stereocenters. The summed E-state index contributed by atoms with van der Waals surface area (Å²) in [5, 5.41) is 5.14. The Balaban J connectivity index is 4.49. The Bertz CT molecular complexity index is 330. The van der Waals surface area contributed by atoms with Crippen molar-refractivity contribution in [3.05, 3.63) is 10.4 Å². The number of hydrogen-bond donors (Lipinski definition) is 1. The first-order valence-corrected chi connectivity index (χ1v) is 4.87. The van der Waals surface area contributed by atoms with Crippen LogP contribution in [0.25, 0.3) is 10.4 Å². The lowest BCUT2D eigenvalue weighted by Gasteiger charge is -2.22. The minimum absolute atomic E-state index is 0.100. The maximum absolute atomic E-state index is 11.4. The molecule has 0 spiro atoms. The molecular weight excluding hydrogens is 228 g/mol. The molecule has 8 nitrogen and oxygen atoms in total. The molecule has 17 heavy (non-hydrogen) atoms. The zero-order valence-corrected chi connectivity index (χ0v) is 10.3. The molecule has 0 bridgehead atoms. The Labute approximate surface area is 98.9 Å². The van der Waals surface area contributed by atoms with E-state index in [0.29, 0.717) is 0 Å². The number of hydrogen-bond acceptors (Lipinski definition) is 4. The van der Waals surface area contributed by atoms with Crippen molar-refractivity contribution in [3.8, 4) is 0 Å². The third-order valence-corrected chi connectivity index (χ3v) is 1.47. The van der Waals surface area contributed by atoms with E-state index >= 15 is 0 Å². The number of rotatable bonds is 4. The second kappa shape index (κ2) is 6.72. The lowest BCUT2D eigenvalue weighted by molar-refractivity contribution is -0.121. The van der Waals surface area contributed by atoms with Crippen molar-refractivity contribution in [2.45, 2.75) is 32.4 Å². The highest BCUT2D eigenvalue weighted by molar-refractivity contribution is 5.86. The van der Waals surface area contributed by atoms with Gasteiger partial charge in [-0.15, -0.1) is 0 Å². The minimum atomic E-state index is -1.05. The highest BCUT2D eigenvalue weighted by Gasteiger charge is 2.23. The molecular formula is C9H16N4O4. The van der Waals surface area contributed by atoms with E-state index in [1.807, 2.05) is 0 Å². The molecule has 1 N–H and O–H groups in total. The first-order chi connectivity index (χ1) is 7.80. The first kappa shape index (κ1) is 15.2. The van der Waals surface area contributed by atoms with Gasteiger partial charge in [-0.25, -0.2) is 4.79 Å². The summed E-state index contributed by atoms with van der Waals surface area (Å²) >= 11 is 0. The molecule has 0 rings (SSSR count). The van der Waals surface area contributed by atoms with Gasteiger partial charge in [-0.2, -0.15) is 0 Å². The van der Waals surface area contributed by atoms with Crippen molar-refractivity contribution in [3.63, 3.8) is 0 Å². The Hall–Kier alpha value is -1.79. The Morgan fingerprint density at radius 1 is 1.47 bits per heavy atom. The van der Waals surface area contributed by atoms with Gasteiger partial charge in [-0.05, 0) is 31.4 Å². The van der Waals surface area contributed by atoms with E-state index in [4.69, 9.17) is 15.0 Å². The minimum Gasteiger partial charge on any atom is -0.444 e. The number of carbonyl (C=O) groups excluding carboxylic acids is 2. The smallest absolute Gasteiger partial charge is 0.408 e. The van der Waals surface area contributed by atoms with Gasteiger partial charge in [0.2, 0.25) is 5.91 Å². The van der Waals surface area contributed by atoms with Crippen LogP contribution in [-0.4, -0.2) is 37.4 Å². The van der Waals surface area contributed by atoms with Crippen molar-refractivity contribution in [1.82, 2.24) is 5.32 Å². The number of ether oxygens (including phenoxy) is 2. The van der Waals surface area contributed by atoms with Crippen molar-refractivity contribution in [2.75, 3.05) is 13.7 Å². The molecule has 0 aliphatic rings. The predicted octanol–water partition coefficient (Wildman–Crippen LogP) is 1.36. The zero-order chi connectivity index (χ0) is 13.5. The third-order valence-electron chi connectivity index (χ3n) is 1.47. The van der Waals surface area contributed by atoms with Crippen LogP contribution in [0.2, 0.25) is 0 Å². The summed E-state index contributed by atoms with van der Waals surface area (Å²) in [5.41, 5.74) is 7.45. The predicted molar refractivity (Wildman–Crippen MR) is 59.2 cm³/mol. The second-order valence-corrected chi connectivity index (χ2v) is 4.18. The molecule has 0 aromatic heterocycles. The Morgan fingerprint density at radius 2 is 2.06 bits per heavy atom. The fraction of sp³-hybridized carbons (Fsp3) is 0.778. The number of amides is 2. The van der Waals surface area contributed by atoms with Crippen LogP contribution < -0.4 is 5.32 Å². The van der Waals surface area contributed by atoms with Crippen LogP contribution in [-0.2, 0) is 14.3 Å². The van der Waals surface area contributed by atoms with Gasteiger partial charge in [0.25, 0.3) is 0 Å². The molecule has 0 aromatic rings. The lowest BCUT2D eigenvalue weighted by Crippen LogP contribution is -2.45. The largest absolute Gasteiger partial charge is 0.444 e. The van der Waals surface area contributed by atoms with E-state index < -0.39 is 23.6 Å². The van der Waals surface area contributed by atoms with Gasteiger partial charge in [0, 0.05) is 12.0 Å². The Morgan fingerprint density at radius 3 is 2.47 bits per heavy atom. The first-order valence-electron chi connectivity index (χ1n) is 4.87. The van der Waals surface area contributed by atoms with Crippen LogP contribution in [0.3, 0.4) is 0 Å². The van der Waals surface area contributed by atoms with Crippen LogP contribution in [0.15, 0.2) is 5.11 Å². The van der Waals surface area contributed by atoms with Gasteiger partial charge in [0.15, 0.2) is 0 Å². The van der Waals surface area contributed by atoms with Crippen LogP contribution in [0.5, 0.6) is 0 Å². The van der Waals surface area contributed by atoms with E-state index in [1.54, 1.807) is 20.8 Å².